The highest BCUT2D eigenvalue weighted by Gasteiger charge is 2.15. The van der Waals surface area contributed by atoms with Crippen molar-refractivity contribution in [1.29, 1.82) is 0 Å². The van der Waals surface area contributed by atoms with E-state index >= 15 is 0 Å². The second-order valence-corrected chi connectivity index (χ2v) is 5.09. The predicted octanol–water partition coefficient (Wildman–Crippen LogP) is 4.67. The highest BCUT2D eigenvalue weighted by molar-refractivity contribution is 6.30. The van der Waals surface area contributed by atoms with Crippen molar-refractivity contribution in [3.05, 3.63) is 70.2 Å². The Hall–Kier alpha value is -1.45. The summed E-state index contributed by atoms with van der Waals surface area (Å²) >= 11 is 5.48. The Bertz CT molecular complexity index is 572. The molecule has 1 nitrogen and oxygen atoms in total. The lowest BCUT2D eigenvalue weighted by Gasteiger charge is -2.12. The van der Waals surface area contributed by atoms with Crippen LogP contribution < -0.4 is 0 Å². The highest BCUT2D eigenvalue weighted by Crippen LogP contribution is 2.26. The van der Waals surface area contributed by atoms with Crippen LogP contribution in [-0.2, 0) is 6.42 Å². The molecule has 2 rings (SSSR count). The van der Waals surface area contributed by atoms with Crippen LogP contribution in [0.2, 0.25) is 5.02 Å². The van der Waals surface area contributed by atoms with Crippen molar-refractivity contribution in [2.24, 2.45) is 0 Å². The molecule has 0 fully saturated rings. The van der Waals surface area contributed by atoms with Gasteiger partial charge in [-0.25, -0.2) is 8.78 Å². The van der Waals surface area contributed by atoms with Gasteiger partial charge in [0.1, 0.15) is 11.6 Å². The molecule has 1 atom stereocenters. The van der Waals surface area contributed by atoms with Gasteiger partial charge in [-0.3, -0.25) is 0 Å². The maximum Gasteiger partial charge on any atom is 0.142 e. The normalized spacial score (nSPS) is 12.4. The minimum atomic E-state index is -1.02. The van der Waals surface area contributed by atoms with Crippen LogP contribution in [0.5, 0.6) is 0 Å². The molecule has 0 saturated carbocycles. The topological polar surface area (TPSA) is 20.2 Å². The Labute approximate surface area is 121 Å². The average Bonchev–Trinajstić information content (AvgIpc) is 2.44. The molecule has 0 aromatic heterocycles. The summed E-state index contributed by atoms with van der Waals surface area (Å²) in [4.78, 5) is 0. The van der Waals surface area contributed by atoms with Crippen LogP contribution in [0, 0.1) is 11.6 Å². The number of halogens is 3. The van der Waals surface area contributed by atoms with Crippen LogP contribution in [0.4, 0.5) is 8.78 Å². The van der Waals surface area contributed by atoms with Crippen LogP contribution in [0.15, 0.2) is 42.5 Å². The second kappa shape index (κ2) is 6.82. The van der Waals surface area contributed by atoms with E-state index in [2.05, 4.69) is 0 Å². The van der Waals surface area contributed by atoms with Gasteiger partial charge in [-0.05, 0) is 37.0 Å². The van der Waals surface area contributed by atoms with Crippen molar-refractivity contribution in [3.63, 3.8) is 0 Å². The molecule has 106 valence electrons. The minimum Gasteiger partial charge on any atom is -0.388 e. The maximum atomic E-state index is 13.6. The second-order valence-electron chi connectivity index (χ2n) is 4.68. The Balaban J connectivity index is 1.95. The first-order valence-corrected chi connectivity index (χ1v) is 6.82. The first kappa shape index (κ1) is 14.9. The van der Waals surface area contributed by atoms with Gasteiger partial charge in [0, 0.05) is 5.56 Å². The van der Waals surface area contributed by atoms with Crippen molar-refractivity contribution in [2.45, 2.75) is 25.4 Å². The van der Waals surface area contributed by atoms with Gasteiger partial charge < -0.3 is 5.11 Å². The van der Waals surface area contributed by atoms with Crippen LogP contribution in [0.1, 0.15) is 30.1 Å². The molecule has 0 spiro atoms. The van der Waals surface area contributed by atoms with Crippen molar-refractivity contribution in [3.8, 4) is 0 Å². The molecule has 0 aliphatic carbocycles. The fraction of sp³-hybridized carbons (Fsp3) is 0.250. The van der Waals surface area contributed by atoms with E-state index in [0.29, 0.717) is 12.8 Å². The van der Waals surface area contributed by atoms with Gasteiger partial charge >= 0.3 is 0 Å². The summed E-state index contributed by atoms with van der Waals surface area (Å²) < 4.78 is 26.9. The molecule has 1 unspecified atom stereocenters. The van der Waals surface area contributed by atoms with Crippen molar-refractivity contribution in [2.75, 3.05) is 0 Å². The number of rotatable bonds is 5. The van der Waals surface area contributed by atoms with Gasteiger partial charge in [-0.2, -0.15) is 0 Å². The number of aryl methyl sites for hydroxylation is 1. The molecule has 0 radical (unpaired) electrons. The third-order valence-electron chi connectivity index (χ3n) is 3.18. The van der Waals surface area contributed by atoms with E-state index < -0.39 is 17.7 Å². The molecule has 0 amide bonds. The lowest BCUT2D eigenvalue weighted by atomic mass is 10.0. The first-order valence-electron chi connectivity index (χ1n) is 6.44. The molecule has 1 N–H and O–H groups in total. The Morgan fingerprint density at radius 2 is 1.75 bits per heavy atom. The number of hydrogen-bond acceptors (Lipinski definition) is 1. The summed E-state index contributed by atoms with van der Waals surface area (Å²) in [6, 6.07) is 11.7. The lowest BCUT2D eigenvalue weighted by molar-refractivity contribution is 0.159. The predicted molar refractivity (Wildman–Crippen MR) is 75.7 cm³/mol. The molecule has 2 aromatic carbocycles. The standard InChI is InChI=1S/C16H15ClF2O/c17-13-10-14(18)12(9-15(13)19)16(20)8-4-7-11-5-2-1-3-6-11/h1-3,5-6,9-10,16,20H,4,7-8H2. The van der Waals surface area contributed by atoms with E-state index in [-0.39, 0.29) is 10.6 Å². The number of benzene rings is 2. The zero-order valence-corrected chi connectivity index (χ0v) is 11.6. The Morgan fingerprint density at radius 1 is 1.05 bits per heavy atom. The number of hydrogen-bond donors (Lipinski definition) is 1. The molecule has 0 bridgehead atoms. The lowest BCUT2D eigenvalue weighted by Crippen LogP contribution is -2.03. The van der Waals surface area contributed by atoms with Crippen molar-refractivity contribution >= 4 is 11.6 Å². The SMILES string of the molecule is OC(CCCc1ccccc1)c1cc(F)c(Cl)cc1F. The third-order valence-corrected chi connectivity index (χ3v) is 3.47. The summed E-state index contributed by atoms with van der Waals surface area (Å²) in [6.07, 6.45) is 0.822. The molecule has 0 heterocycles. The number of aliphatic hydroxyl groups is 1. The van der Waals surface area contributed by atoms with Crippen molar-refractivity contribution in [1.82, 2.24) is 0 Å². The fourth-order valence-corrected chi connectivity index (χ4v) is 2.24. The van der Waals surface area contributed by atoms with Gasteiger partial charge in [-0.1, -0.05) is 41.9 Å². The van der Waals surface area contributed by atoms with Crippen LogP contribution >= 0.6 is 11.6 Å². The van der Waals surface area contributed by atoms with Gasteiger partial charge in [0.25, 0.3) is 0 Å². The van der Waals surface area contributed by atoms with E-state index in [1.165, 1.54) is 0 Å². The van der Waals surface area contributed by atoms with E-state index in [1.54, 1.807) is 0 Å². The van der Waals surface area contributed by atoms with Crippen LogP contribution in [0.3, 0.4) is 0 Å². The molecule has 0 aliphatic heterocycles. The van der Waals surface area contributed by atoms with Crippen LogP contribution in [-0.4, -0.2) is 5.11 Å². The maximum absolute atomic E-state index is 13.6. The van der Waals surface area contributed by atoms with Crippen molar-refractivity contribution < 1.29 is 13.9 Å². The largest absolute Gasteiger partial charge is 0.388 e. The molecule has 0 aliphatic rings. The summed E-state index contributed by atoms with van der Waals surface area (Å²) in [5, 5.41) is 9.67. The summed E-state index contributed by atoms with van der Waals surface area (Å²) in [5.41, 5.74) is 1.11. The average molecular weight is 297 g/mol. The zero-order valence-electron chi connectivity index (χ0n) is 10.8. The molecular weight excluding hydrogens is 282 g/mol. The molecule has 0 saturated heterocycles. The monoisotopic (exact) mass is 296 g/mol. The Morgan fingerprint density at radius 3 is 2.45 bits per heavy atom. The van der Waals surface area contributed by atoms with E-state index in [4.69, 9.17) is 11.6 Å². The number of aliphatic hydroxyl groups excluding tert-OH is 1. The Kier molecular flexibility index (Phi) is 5.10. The smallest absolute Gasteiger partial charge is 0.142 e. The van der Waals surface area contributed by atoms with Crippen LogP contribution in [0.25, 0.3) is 0 Å². The van der Waals surface area contributed by atoms with E-state index in [0.717, 1.165) is 24.1 Å². The van der Waals surface area contributed by atoms with Gasteiger partial charge in [0.15, 0.2) is 0 Å². The quantitative estimate of drug-likeness (QED) is 0.795. The first-order chi connectivity index (χ1) is 9.58. The molecule has 2 aromatic rings. The summed E-state index contributed by atoms with van der Waals surface area (Å²) in [5.74, 6) is -1.39. The molecule has 20 heavy (non-hydrogen) atoms. The van der Waals surface area contributed by atoms with Gasteiger partial charge in [0.2, 0.25) is 0 Å². The zero-order chi connectivity index (χ0) is 14.5. The third kappa shape index (κ3) is 3.78. The minimum absolute atomic E-state index is 0.0417. The molecular formula is C16H15ClF2O. The van der Waals surface area contributed by atoms with E-state index in [9.17, 15) is 13.9 Å². The van der Waals surface area contributed by atoms with Gasteiger partial charge in [-0.15, -0.1) is 0 Å². The summed E-state index contributed by atoms with van der Waals surface area (Å²) in [6.45, 7) is 0. The van der Waals surface area contributed by atoms with Gasteiger partial charge in [0.05, 0.1) is 11.1 Å². The van der Waals surface area contributed by atoms with E-state index in [1.807, 2.05) is 30.3 Å². The molecule has 4 heteroatoms. The fourth-order valence-electron chi connectivity index (χ4n) is 2.09. The highest BCUT2D eigenvalue weighted by atomic mass is 35.5. The summed E-state index contributed by atoms with van der Waals surface area (Å²) in [7, 11) is 0.